The molecule has 1 aliphatic heterocycles. The van der Waals surface area contributed by atoms with Crippen molar-refractivity contribution in [2.45, 2.75) is 19.9 Å². The number of ketones is 1. The molecule has 0 spiro atoms. The molecule has 20 heavy (non-hydrogen) atoms. The van der Waals surface area contributed by atoms with Gasteiger partial charge in [-0.1, -0.05) is 11.8 Å². The van der Waals surface area contributed by atoms with Crippen LogP contribution in [0.2, 0.25) is 0 Å². The van der Waals surface area contributed by atoms with Gasteiger partial charge in [-0.3, -0.25) is 19.3 Å². The Kier molecular flexibility index (Phi) is 4.44. The van der Waals surface area contributed by atoms with Crippen molar-refractivity contribution in [1.29, 1.82) is 0 Å². The first-order valence-electron chi connectivity index (χ1n) is 6.18. The quantitative estimate of drug-likeness (QED) is 0.798. The summed E-state index contributed by atoms with van der Waals surface area (Å²) in [5.74, 6) is 0.827. The zero-order chi connectivity index (χ0) is 14.7. The molecular weight excluding hydrogens is 278 g/mol. The molecule has 0 unspecified atom stereocenters. The number of ether oxygens (including phenoxy) is 1. The van der Waals surface area contributed by atoms with E-state index in [1.807, 2.05) is 0 Å². The first-order valence-corrected chi connectivity index (χ1v) is 7.16. The predicted octanol–water partition coefficient (Wildman–Crippen LogP) is 2.48. The maximum atomic E-state index is 11.8. The fourth-order valence-electron chi connectivity index (χ4n) is 1.98. The first-order chi connectivity index (χ1) is 9.52. The average molecular weight is 293 g/mol. The largest absolute Gasteiger partial charge is 0.496 e. The maximum absolute atomic E-state index is 11.8. The van der Waals surface area contributed by atoms with Gasteiger partial charge in [-0.05, 0) is 25.1 Å². The molecule has 0 N–H and O–H groups in total. The van der Waals surface area contributed by atoms with E-state index in [-0.39, 0.29) is 23.5 Å². The van der Waals surface area contributed by atoms with Crippen molar-refractivity contribution in [3.05, 3.63) is 29.3 Å². The standard InChI is InChI=1S/C14H15NO4S/c1-9(16)10-3-4-12(19-2)11(7-10)8-15-13(17)5-6-20-14(15)18/h3-4,7H,5-6,8H2,1-2H3. The Balaban J connectivity index is 2.31. The van der Waals surface area contributed by atoms with Crippen LogP contribution in [0.25, 0.3) is 0 Å². The number of carbonyl (C=O) groups excluding carboxylic acids is 3. The number of benzene rings is 1. The van der Waals surface area contributed by atoms with Crippen molar-refractivity contribution < 1.29 is 19.1 Å². The van der Waals surface area contributed by atoms with Gasteiger partial charge in [0.2, 0.25) is 5.91 Å². The highest BCUT2D eigenvalue weighted by atomic mass is 32.2. The van der Waals surface area contributed by atoms with Crippen molar-refractivity contribution in [2.75, 3.05) is 12.9 Å². The van der Waals surface area contributed by atoms with Crippen LogP contribution >= 0.6 is 11.8 Å². The summed E-state index contributed by atoms with van der Waals surface area (Å²) in [6.07, 6.45) is 0.352. The number of Topliss-reactive ketones (excluding diaryl/α,β-unsaturated/α-hetero) is 1. The lowest BCUT2D eigenvalue weighted by Gasteiger charge is -2.25. The van der Waals surface area contributed by atoms with Crippen LogP contribution in [-0.2, 0) is 11.3 Å². The summed E-state index contributed by atoms with van der Waals surface area (Å²) in [6, 6.07) is 5.01. The van der Waals surface area contributed by atoms with Crippen LogP contribution in [0.3, 0.4) is 0 Å². The second-order valence-electron chi connectivity index (χ2n) is 4.43. The van der Waals surface area contributed by atoms with Gasteiger partial charge in [-0.25, -0.2) is 0 Å². The lowest BCUT2D eigenvalue weighted by molar-refractivity contribution is -0.128. The van der Waals surface area contributed by atoms with Gasteiger partial charge in [-0.2, -0.15) is 0 Å². The zero-order valence-corrected chi connectivity index (χ0v) is 12.2. The molecule has 0 saturated carbocycles. The molecule has 106 valence electrons. The molecule has 1 fully saturated rings. The molecule has 2 rings (SSSR count). The molecule has 1 heterocycles. The second kappa shape index (κ2) is 6.09. The number of hydrogen-bond donors (Lipinski definition) is 0. The number of rotatable bonds is 4. The number of methoxy groups -OCH3 is 1. The van der Waals surface area contributed by atoms with E-state index < -0.39 is 0 Å². The van der Waals surface area contributed by atoms with Gasteiger partial charge in [0.15, 0.2) is 5.78 Å². The lowest BCUT2D eigenvalue weighted by atomic mass is 10.1. The SMILES string of the molecule is COc1ccc(C(C)=O)cc1CN1C(=O)CCSC1=O. The van der Waals surface area contributed by atoms with E-state index in [0.29, 0.717) is 29.1 Å². The molecule has 0 aliphatic carbocycles. The van der Waals surface area contributed by atoms with Gasteiger partial charge in [-0.15, -0.1) is 0 Å². The highest BCUT2D eigenvalue weighted by molar-refractivity contribution is 8.13. The van der Waals surface area contributed by atoms with E-state index in [1.54, 1.807) is 18.2 Å². The Morgan fingerprint density at radius 3 is 2.75 bits per heavy atom. The molecule has 0 radical (unpaired) electrons. The number of thioether (sulfide) groups is 1. The molecule has 1 saturated heterocycles. The number of hydrogen-bond acceptors (Lipinski definition) is 5. The van der Waals surface area contributed by atoms with E-state index in [0.717, 1.165) is 11.8 Å². The Morgan fingerprint density at radius 2 is 2.15 bits per heavy atom. The Labute approximate surface area is 121 Å². The Morgan fingerprint density at radius 1 is 1.40 bits per heavy atom. The number of carbonyl (C=O) groups is 3. The Hall–Kier alpha value is -1.82. The molecule has 6 heteroatoms. The summed E-state index contributed by atoms with van der Waals surface area (Å²) < 4.78 is 5.22. The summed E-state index contributed by atoms with van der Waals surface area (Å²) >= 11 is 1.13. The highest BCUT2D eigenvalue weighted by Crippen LogP contribution is 2.26. The topological polar surface area (TPSA) is 63.7 Å². The first kappa shape index (κ1) is 14.6. The molecule has 2 amide bonds. The smallest absolute Gasteiger partial charge is 0.288 e. The monoisotopic (exact) mass is 293 g/mol. The lowest BCUT2D eigenvalue weighted by Crippen LogP contribution is -2.37. The third-order valence-corrected chi connectivity index (χ3v) is 3.95. The summed E-state index contributed by atoms with van der Waals surface area (Å²) in [5.41, 5.74) is 1.19. The molecule has 0 atom stereocenters. The molecule has 1 aliphatic rings. The van der Waals surface area contributed by atoms with Crippen LogP contribution in [0.15, 0.2) is 18.2 Å². The van der Waals surface area contributed by atoms with Crippen molar-refractivity contribution >= 4 is 28.7 Å². The van der Waals surface area contributed by atoms with E-state index in [2.05, 4.69) is 0 Å². The molecule has 5 nitrogen and oxygen atoms in total. The van der Waals surface area contributed by atoms with Gasteiger partial charge in [0, 0.05) is 23.3 Å². The second-order valence-corrected chi connectivity index (χ2v) is 5.47. The molecule has 1 aromatic rings. The van der Waals surface area contributed by atoms with Gasteiger partial charge in [0.1, 0.15) is 5.75 Å². The fourth-order valence-corrected chi connectivity index (χ4v) is 2.76. The minimum Gasteiger partial charge on any atom is -0.496 e. The van der Waals surface area contributed by atoms with E-state index in [1.165, 1.54) is 18.9 Å². The maximum Gasteiger partial charge on any atom is 0.288 e. The average Bonchev–Trinajstić information content (AvgIpc) is 2.42. The summed E-state index contributed by atoms with van der Waals surface area (Å²) in [7, 11) is 1.51. The Bertz CT molecular complexity index is 554. The van der Waals surface area contributed by atoms with Crippen molar-refractivity contribution in [3.8, 4) is 5.75 Å². The molecule has 0 bridgehead atoms. The van der Waals surface area contributed by atoms with Crippen LogP contribution in [-0.4, -0.2) is 34.7 Å². The minimum absolute atomic E-state index is 0.0698. The van der Waals surface area contributed by atoms with Crippen molar-refractivity contribution in [2.24, 2.45) is 0 Å². The third-order valence-electron chi connectivity index (χ3n) is 3.08. The van der Waals surface area contributed by atoms with Crippen LogP contribution in [0.4, 0.5) is 4.79 Å². The number of imide groups is 1. The predicted molar refractivity (Wildman–Crippen MR) is 76.0 cm³/mol. The van der Waals surface area contributed by atoms with Crippen LogP contribution < -0.4 is 4.74 Å². The van der Waals surface area contributed by atoms with Crippen molar-refractivity contribution in [1.82, 2.24) is 4.90 Å². The van der Waals surface area contributed by atoms with Crippen LogP contribution in [0.5, 0.6) is 5.75 Å². The van der Waals surface area contributed by atoms with E-state index >= 15 is 0 Å². The van der Waals surface area contributed by atoms with Crippen LogP contribution in [0, 0.1) is 0 Å². The van der Waals surface area contributed by atoms with Gasteiger partial charge < -0.3 is 4.74 Å². The summed E-state index contributed by atoms with van der Waals surface area (Å²) in [4.78, 5) is 36.2. The summed E-state index contributed by atoms with van der Waals surface area (Å²) in [6.45, 7) is 1.60. The number of nitrogens with zero attached hydrogens (tertiary/aromatic N) is 1. The van der Waals surface area contributed by atoms with Crippen LogP contribution in [0.1, 0.15) is 29.3 Å². The number of amides is 2. The molecule has 0 aromatic heterocycles. The van der Waals surface area contributed by atoms with Gasteiger partial charge in [0.05, 0.1) is 13.7 Å². The zero-order valence-electron chi connectivity index (χ0n) is 11.3. The van der Waals surface area contributed by atoms with Gasteiger partial charge in [0.25, 0.3) is 5.24 Å². The molecule has 1 aromatic carbocycles. The van der Waals surface area contributed by atoms with Gasteiger partial charge >= 0.3 is 0 Å². The minimum atomic E-state index is -0.253. The fraction of sp³-hybridized carbons (Fsp3) is 0.357. The molecular formula is C14H15NO4S. The van der Waals surface area contributed by atoms with Crippen molar-refractivity contribution in [3.63, 3.8) is 0 Å². The van der Waals surface area contributed by atoms with E-state index in [9.17, 15) is 14.4 Å². The normalized spacial score (nSPS) is 15.4. The summed E-state index contributed by atoms with van der Waals surface area (Å²) in [5, 5.41) is -0.253. The van der Waals surface area contributed by atoms with E-state index in [4.69, 9.17) is 4.74 Å². The third kappa shape index (κ3) is 3.01. The highest BCUT2D eigenvalue weighted by Gasteiger charge is 2.27.